The van der Waals surface area contributed by atoms with Gasteiger partial charge in [-0.2, -0.15) is 0 Å². The molecule has 1 aliphatic rings. The number of aliphatic hydroxyl groups excluding tert-OH is 3. The van der Waals surface area contributed by atoms with E-state index in [2.05, 4.69) is 0 Å². The topological polar surface area (TPSA) is 116 Å². The predicted molar refractivity (Wildman–Crippen MR) is 55.2 cm³/mol. The van der Waals surface area contributed by atoms with Crippen LogP contribution in [-0.2, 0) is 14.3 Å². The molecule has 0 aromatic rings. The number of hydrogen-bond donors (Lipinski definition) is 4. The zero-order valence-corrected chi connectivity index (χ0v) is 9.68. The lowest BCUT2D eigenvalue weighted by atomic mass is 9.99. The van der Waals surface area contributed by atoms with E-state index in [4.69, 9.17) is 14.6 Å². The first kappa shape index (κ1) is 14.3. The summed E-state index contributed by atoms with van der Waals surface area (Å²) in [5.74, 6) is -1.42. The van der Waals surface area contributed by atoms with Crippen LogP contribution in [0.2, 0.25) is 0 Å². The van der Waals surface area contributed by atoms with Crippen LogP contribution in [0.25, 0.3) is 0 Å². The van der Waals surface area contributed by atoms with Crippen LogP contribution in [0, 0.1) is 0 Å². The van der Waals surface area contributed by atoms with Crippen molar-refractivity contribution in [3.63, 3.8) is 0 Å². The van der Waals surface area contributed by atoms with Gasteiger partial charge in [0, 0.05) is 0 Å². The maximum Gasteiger partial charge on any atom is 0.335 e. The average molecular weight is 250 g/mol. The van der Waals surface area contributed by atoms with Crippen molar-refractivity contribution in [2.45, 2.75) is 57.1 Å². The first-order valence-electron chi connectivity index (χ1n) is 5.46. The SMILES string of the molecule is CCC(C)O[C@@H]1OC(C(=O)O)[C@@H](O)[C@H](O)C1O. The van der Waals surface area contributed by atoms with Crippen molar-refractivity contribution < 1.29 is 34.7 Å². The Morgan fingerprint density at radius 3 is 2.35 bits per heavy atom. The second-order valence-electron chi connectivity index (χ2n) is 4.09. The molecule has 1 fully saturated rings. The zero-order chi connectivity index (χ0) is 13.2. The first-order chi connectivity index (χ1) is 7.88. The summed E-state index contributed by atoms with van der Waals surface area (Å²) in [5, 5.41) is 37.3. The highest BCUT2D eigenvalue weighted by Gasteiger charge is 2.47. The van der Waals surface area contributed by atoms with E-state index in [1.165, 1.54) is 0 Å². The van der Waals surface area contributed by atoms with Crippen LogP contribution in [0.4, 0.5) is 0 Å². The number of carboxylic acids is 1. The van der Waals surface area contributed by atoms with Crippen molar-refractivity contribution in [3.8, 4) is 0 Å². The van der Waals surface area contributed by atoms with Crippen molar-refractivity contribution in [2.24, 2.45) is 0 Å². The zero-order valence-electron chi connectivity index (χ0n) is 9.68. The fourth-order valence-electron chi connectivity index (χ4n) is 1.49. The summed E-state index contributed by atoms with van der Waals surface area (Å²) in [6.07, 6.45) is -7.26. The molecule has 0 aromatic carbocycles. The number of carbonyl (C=O) groups is 1. The second-order valence-corrected chi connectivity index (χ2v) is 4.09. The molecule has 7 nitrogen and oxygen atoms in total. The minimum absolute atomic E-state index is 0.258. The van der Waals surface area contributed by atoms with Crippen LogP contribution in [0.15, 0.2) is 0 Å². The number of aliphatic hydroxyl groups is 3. The van der Waals surface area contributed by atoms with Crippen molar-refractivity contribution in [3.05, 3.63) is 0 Å². The third kappa shape index (κ3) is 3.14. The van der Waals surface area contributed by atoms with Gasteiger partial charge in [0.25, 0.3) is 0 Å². The molecule has 17 heavy (non-hydrogen) atoms. The lowest BCUT2D eigenvalue weighted by molar-refractivity contribution is -0.303. The molecular formula is C10H18O7. The Hall–Kier alpha value is -0.730. The van der Waals surface area contributed by atoms with Crippen molar-refractivity contribution in [1.29, 1.82) is 0 Å². The molecule has 7 heteroatoms. The Kier molecular flexibility index (Phi) is 4.84. The van der Waals surface area contributed by atoms with E-state index in [1.54, 1.807) is 6.92 Å². The standard InChI is InChI=1S/C10H18O7/c1-3-4(2)16-10-7(13)5(11)6(12)8(17-10)9(14)15/h4-8,10-13H,3H2,1-2H3,(H,14,15)/t4?,5-,6-,7?,8?,10+/m0/s1. The summed E-state index contributed by atoms with van der Waals surface area (Å²) < 4.78 is 10.2. The van der Waals surface area contributed by atoms with E-state index in [0.717, 1.165) is 0 Å². The molecule has 0 spiro atoms. The Balaban J connectivity index is 2.74. The summed E-state index contributed by atoms with van der Waals surface area (Å²) in [7, 11) is 0. The summed E-state index contributed by atoms with van der Waals surface area (Å²) in [5.41, 5.74) is 0. The van der Waals surface area contributed by atoms with Crippen molar-refractivity contribution >= 4 is 5.97 Å². The molecule has 3 unspecified atom stereocenters. The fraction of sp³-hybridized carbons (Fsp3) is 0.900. The van der Waals surface area contributed by atoms with Gasteiger partial charge in [0.1, 0.15) is 18.3 Å². The largest absolute Gasteiger partial charge is 0.479 e. The van der Waals surface area contributed by atoms with Gasteiger partial charge in [-0.3, -0.25) is 0 Å². The molecule has 1 saturated heterocycles. The van der Waals surface area contributed by atoms with E-state index in [1.807, 2.05) is 6.92 Å². The molecule has 0 amide bonds. The third-order valence-electron chi connectivity index (χ3n) is 2.75. The Morgan fingerprint density at radius 1 is 1.29 bits per heavy atom. The van der Waals surface area contributed by atoms with E-state index >= 15 is 0 Å². The normalized spacial score (nSPS) is 39.9. The van der Waals surface area contributed by atoms with E-state index in [-0.39, 0.29) is 6.10 Å². The molecule has 6 atom stereocenters. The molecule has 0 aromatic heterocycles. The number of aliphatic carboxylic acids is 1. The highest BCUT2D eigenvalue weighted by Crippen LogP contribution is 2.23. The molecule has 100 valence electrons. The molecule has 4 N–H and O–H groups in total. The summed E-state index contributed by atoms with van der Waals surface area (Å²) in [4.78, 5) is 10.8. The lowest BCUT2D eigenvalue weighted by Crippen LogP contribution is -2.60. The maximum absolute atomic E-state index is 10.8. The van der Waals surface area contributed by atoms with Crippen LogP contribution in [0.1, 0.15) is 20.3 Å². The number of ether oxygens (including phenoxy) is 2. The van der Waals surface area contributed by atoms with Crippen molar-refractivity contribution in [2.75, 3.05) is 0 Å². The number of hydrogen-bond acceptors (Lipinski definition) is 6. The summed E-state index contributed by atoms with van der Waals surface area (Å²) in [6, 6.07) is 0. The number of rotatable bonds is 4. The minimum Gasteiger partial charge on any atom is -0.479 e. The van der Waals surface area contributed by atoms with Crippen LogP contribution in [0.3, 0.4) is 0 Å². The van der Waals surface area contributed by atoms with Crippen LogP contribution in [-0.4, -0.2) is 63.2 Å². The van der Waals surface area contributed by atoms with Gasteiger partial charge in [-0.1, -0.05) is 6.92 Å². The Bertz CT molecular complexity index is 269. The van der Waals surface area contributed by atoms with E-state index < -0.39 is 36.7 Å². The average Bonchev–Trinajstić information content (AvgIpc) is 2.29. The van der Waals surface area contributed by atoms with Gasteiger partial charge in [0.2, 0.25) is 0 Å². The molecule has 0 saturated carbocycles. The highest BCUT2D eigenvalue weighted by atomic mass is 16.7. The first-order valence-corrected chi connectivity index (χ1v) is 5.46. The van der Waals surface area contributed by atoms with E-state index in [0.29, 0.717) is 6.42 Å². The molecule has 1 rings (SSSR count). The van der Waals surface area contributed by atoms with Crippen LogP contribution >= 0.6 is 0 Å². The van der Waals surface area contributed by atoms with Crippen molar-refractivity contribution in [1.82, 2.24) is 0 Å². The van der Waals surface area contributed by atoms with Gasteiger partial charge >= 0.3 is 5.97 Å². The van der Waals surface area contributed by atoms with Crippen LogP contribution in [0.5, 0.6) is 0 Å². The predicted octanol–water partition coefficient (Wildman–Crippen LogP) is -1.31. The van der Waals surface area contributed by atoms with Gasteiger partial charge < -0.3 is 29.9 Å². The quantitative estimate of drug-likeness (QED) is 0.489. The highest BCUT2D eigenvalue weighted by molar-refractivity contribution is 5.73. The van der Waals surface area contributed by atoms with Gasteiger partial charge in [-0.15, -0.1) is 0 Å². The minimum atomic E-state index is -1.68. The number of carboxylic acid groups (broad SMARTS) is 1. The molecule has 0 bridgehead atoms. The molecular weight excluding hydrogens is 232 g/mol. The summed E-state index contributed by atoms with van der Waals surface area (Å²) in [6.45, 7) is 3.57. The Morgan fingerprint density at radius 2 is 1.88 bits per heavy atom. The van der Waals surface area contributed by atoms with Gasteiger partial charge in [-0.25, -0.2) is 4.79 Å². The monoisotopic (exact) mass is 250 g/mol. The second kappa shape index (κ2) is 5.74. The lowest BCUT2D eigenvalue weighted by Gasteiger charge is -2.39. The smallest absolute Gasteiger partial charge is 0.335 e. The Labute approximate surface area is 98.6 Å². The van der Waals surface area contributed by atoms with Crippen LogP contribution < -0.4 is 0 Å². The molecule has 0 aliphatic carbocycles. The van der Waals surface area contributed by atoms with Gasteiger partial charge in [-0.05, 0) is 13.3 Å². The van der Waals surface area contributed by atoms with E-state index in [9.17, 15) is 20.1 Å². The summed E-state index contributed by atoms with van der Waals surface area (Å²) >= 11 is 0. The maximum atomic E-state index is 10.8. The molecule has 1 heterocycles. The van der Waals surface area contributed by atoms with Gasteiger partial charge in [0.15, 0.2) is 12.4 Å². The third-order valence-corrected chi connectivity index (χ3v) is 2.75. The molecule has 0 radical (unpaired) electrons. The fourth-order valence-corrected chi connectivity index (χ4v) is 1.49. The molecule has 1 aliphatic heterocycles. The van der Waals surface area contributed by atoms with Gasteiger partial charge in [0.05, 0.1) is 6.10 Å².